The van der Waals surface area contributed by atoms with E-state index in [9.17, 15) is 35.1 Å². The molecule has 1 saturated heterocycles. The van der Waals surface area contributed by atoms with E-state index in [1.807, 2.05) is 0 Å². The van der Waals surface area contributed by atoms with Crippen molar-refractivity contribution in [2.45, 2.75) is 30.7 Å². The van der Waals surface area contributed by atoms with Crippen LogP contribution in [-0.2, 0) is 9.53 Å². The minimum atomic E-state index is -1.84. The molecule has 2 heterocycles. The molecule has 1 aromatic heterocycles. The number of carbonyl (C=O) groups is 1. The zero-order chi connectivity index (χ0) is 23.2. The average molecular weight is 446 g/mol. The van der Waals surface area contributed by atoms with Gasteiger partial charge >= 0.3 is 5.97 Å². The van der Waals surface area contributed by atoms with Gasteiger partial charge in [-0.15, -0.1) is 0 Å². The van der Waals surface area contributed by atoms with Crippen molar-refractivity contribution in [3.05, 3.63) is 52.7 Å². The van der Waals surface area contributed by atoms with Crippen LogP contribution in [-0.4, -0.2) is 67.3 Å². The molecule has 0 bridgehead atoms. The molecular weight excluding hydrogens is 428 g/mol. The molecule has 0 amide bonds. The summed E-state index contributed by atoms with van der Waals surface area (Å²) in [5, 5.41) is 58.7. The summed E-state index contributed by atoms with van der Waals surface area (Å²) in [7, 11) is 0. The Morgan fingerprint density at radius 2 is 1.62 bits per heavy atom. The largest absolute Gasteiger partial charge is 0.508 e. The van der Waals surface area contributed by atoms with Gasteiger partial charge < -0.3 is 44.5 Å². The summed E-state index contributed by atoms with van der Waals surface area (Å²) < 4.78 is 16.0. The van der Waals surface area contributed by atoms with Gasteiger partial charge in [-0.2, -0.15) is 0 Å². The molecule has 0 saturated carbocycles. The predicted octanol–water partition coefficient (Wildman–Crippen LogP) is 0.142. The Morgan fingerprint density at radius 1 is 0.938 bits per heavy atom. The summed E-state index contributed by atoms with van der Waals surface area (Å²) >= 11 is 0. The first kappa shape index (κ1) is 21.6. The van der Waals surface area contributed by atoms with E-state index in [1.165, 1.54) is 42.5 Å². The van der Waals surface area contributed by atoms with Crippen LogP contribution in [0, 0.1) is 0 Å². The first-order valence-electron chi connectivity index (χ1n) is 9.35. The van der Waals surface area contributed by atoms with Crippen molar-refractivity contribution in [2.24, 2.45) is 0 Å². The summed E-state index contributed by atoms with van der Waals surface area (Å²) in [4.78, 5) is 23.6. The number of aliphatic hydroxyl groups is 3. The van der Waals surface area contributed by atoms with Crippen LogP contribution in [0.4, 0.5) is 0 Å². The number of aliphatic hydroxyl groups excluding tert-OH is 3. The van der Waals surface area contributed by atoms with Gasteiger partial charge in [0.25, 0.3) is 0 Å². The second-order valence-electron chi connectivity index (χ2n) is 7.17. The SMILES string of the molecule is O=C(O)[C@H]1OC(Oc2ccc(-c3oc4cc(O)ccc4c(=O)c3O)cc2)[C@H](O)[C@@H](O)[C@@H]1O. The Labute approximate surface area is 178 Å². The highest BCUT2D eigenvalue weighted by Crippen LogP contribution is 2.33. The number of fused-ring (bicyclic) bond motifs is 1. The number of aromatic hydroxyl groups is 2. The number of phenolic OH excluding ortho intramolecular Hbond substituents is 1. The third-order valence-corrected chi connectivity index (χ3v) is 5.03. The Balaban J connectivity index is 1.61. The molecule has 6 N–H and O–H groups in total. The number of carboxylic acid groups (broad SMARTS) is 1. The predicted molar refractivity (Wildman–Crippen MR) is 106 cm³/mol. The lowest BCUT2D eigenvalue weighted by Gasteiger charge is -2.38. The molecule has 4 rings (SSSR count). The monoisotopic (exact) mass is 446 g/mol. The summed E-state index contributed by atoms with van der Waals surface area (Å²) in [6, 6.07) is 9.40. The number of hydrogen-bond acceptors (Lipinski definition) is 10. The molecule has 1 aliphatic heterocycles. The molecule has 0 radical (unpaired) electrons. The molecular formula is C21H18O11. The quantitative estimate of drug-likeness (QED) is 0.320. The molecule has 5 atom stereocenters. The highest BCUT2D eigenvalue weighted by molar-refractivity contribution is 5.82. The lowest BCUT2D eigenvalue weighted by Crippen LogP contribution is -2.61. The number of hydrogen-bond donors (Lipinski definition) is 6. The van der Waals surface area contributed by atoms with E-state index in [0.29, 0.717) is 0 Å². The molecule has 0 aliphatic carbocycles. The van der Waals surface area contributed by atoms with E-state index in [-0.39, 0.29) is 33.8 Å². The summed E-state index contributed by atoms with van der Waals surface area (Å²) in [5.41, 5.74) is -0.345. The molecule has 1 aliphatic rings. The van der Waals surface area contributed by atoms with Crippen LogP contribution in [0.3, 0.4) is 0 Å². The lowest BCUT2D eigenvalue weighted by atomic mass is 9.99. The highest BCUT2D eigenvalue weighted by Gasteiger charge is 2.48. The maximum atomic E-state index is 12.4. The molecule has 1 fully saturated rings. The van der Waals surface area contributed by atoms with Crippen LogP contribution < -0.4 is 10.2 Å². The molecule has 3 aromatic rings. The van der Waals surface area contributed by atoms with Crippen molar-refractivity contribution < 1.29 is 49.3 Å². The fourth-order valence-electron chi connectivity index (χ4n) is 3.34. The summed E-state index contributed by atoms with van der Waals surface area (Å²) in [5.74, 6) is -2.37. The molecule has 0 spiro atoms. The van der Waals surface area contributed by atoms with Crippen molar-refractivity contribution >= 4 is 16.9 Å². The van der Waals surface area contributed by atoms with Gasteiger partial charge in [-0.25, -0.2) is 4.79 Å². The Bertz CT molecular complexity index is 1220. The normalized spacial score (nSPS) is 25.5. The van der Waals surface area contributed by atoms with Crippen molar-refractivity contribution in [2.75, 3.05) is 0 Å². The number of ether oxygens (including phenoxy) is 2. The van der Waals surface area contributed by atoms with Gasteiger partial charge in [0.15, 0.2) is 11.9 Å². The second kappa shape index (κ2) is 8.13. The smallest absolute Gasteiger partial charge is 0.335 e. The van der Waals surface area contributed by atoms with Gasteiger partial charge in [0.2, 0.25) is 17.5 Å². The molecule has 1 unspecified atom stereocenters. The highest BCUT2D eigenvalue weighted by atomic mass is 16.7. The number of carboxylic acids is 1. The summed E-state index contributed by atoms with van der Waals surface area (Å²) in [6.07, 6.45) is -8.78. The average Bonchev–Trinajstić information content (AvgIpc) is 2.76. The lowest BCUT2D eigenvalue weighted by molar-refractivity contribution is -0.271. The van der Waals surface area contributed by atoms with Crippen LogP contribution in [0.25, 0.3) is 22.3 Å². The van der Waals surface area contributed by atoms with Crippen molar-refractivity contribution in [1.29, 1.82) is 0 Å². The molecule has 168 valence electrons. The van der Waals surface area contributed by atoms with E-state index >= 15 is 0 Å². The third kappa shape index (κ3) is 3.74. The van der Waals surface area contributed by atoms with Crippen molar-refractivity contribution in [1.82, 2.24) is 0 Å². The zero-order valence-electron chi connectivity index (χ0n) is 16.2. The molecule has 2 aromatic carbocycles. The van der Waals surface area contributed by atoms with Crippen LogP contribution in [0.15, 0.2) is 51.7 Å². The van der Waals surface area contributed by atoms with Gasteiger partial charge in [-0.1, -0.05) is 0 Å². The van der Waals surface area contributed by atoms with Gasteiger partial charge in [0.05, 0.1) is 5.39 Å². The van der Waals surface area contributed by atoms with Gasteiger partial charge in [0.1, 0.15) is 35.4 Å². The maximum Gasteiger partial charge on any atom is 0.335 e. The van der Waals surface area contributed by atoms with Crippen molar-refractivity contribution in [3.63, 3.8) is 0 Å². The Morgan fingerprint density at radius 3 is 2.28 bits per heavy atom. The second-order valence-corrected chi connectivity index (χ2v) is 7.17. The van der Waals surface area contributed by atoms with E-state index in [0.717, 1.165) is 0 Å². The topological polar surface area (TPSA) is 187 Å². The van der Waals surface area contributed by atoms with E-state index in [2.05, 4.69) is 0 Å². The van der Waals surface area contributed by atoms with Crippen LogP contribution in [0.2, 0.25) is 0 Å². The number of aliphatic carboxylic acids is 1. The number of phenols is 1. The van der Waals surface area contributed by atoms with Crippen LogP contribution in [0.5, 0.6) is 17.2 Å². The molecule has 32 heavy (non-hydrogen) atoms. The third-order valence-electron chi connectivity index (χ3n) is 5.03. The van der Waals surface area contributed by atoms with Gasteiger partial charge in [-0.05, 0) is 36.4 Å². The minimum Gasteiger partial charge on any atom is -0.508 e. The first-order valence-corrected chi connectivity index (χ1v) is 9.35. The number of rotatable bonds is 4. The van der Waals surface area contributed by atoms with Crippen molar-refractivity contribution in [3.8, 4) is 28.6 Å². The van der Waals surface area contributed by atoms with Gasteiger partial charge in [0, 0.05) is 11.6 Å². The first-order chi connectivity index (χ1) is 15.2. The molecule has 11 nitrogen and oxygen atoms in total. The van der Waals surface area contributed by atoms with Crippen LogP contribution >= 0.6 is 0 Å². The fourth-order valence-corrected chi connectivity index (χ4v) is 3.34. The minimum absolute atomic E-state index is 0.0640. The fraction of sp³-hybridized carbons (Fsp3) is 0.238. The number of benzene rings is 2. The standard InChI is InChI=1S/C21H18O11/c22-9-3-6-11-12(7-9)31-18(15(25)13(11)23)8-1-4-10(5-2-8)30-21-17(27)14(24)16(26)19(32-21)20(28)29/h1-7,14,16-17,19,21-22,24-27H,(H,28,29)/t14-,16-,17+,19-,21?/m0/s1. The van der Waals surface area contributed by atoms with E-state index in [1.54, 1.807) is 0 Å². The van der Waals surface area contributed by atoms with E-state index in [4.69, 9.17) is 19.0 Å². The zero-order valence-corrected chi connectivity index (χ0v) is 16.2. The summed E-state index contributed by atoms with van der Waals surface area (Å²) in [6.45, 7) is 0. The molecule has 11 heteroatoms. The maximum absolute atomic E-state index is 12.4. The van der Waals surface area contributed by atoms with Gasteiger partial charge in [-0.3, -0.25) is 4.79 Å². The van der Waals surface area contributed by atoms with Crippen LogP contribution in [0.1, 0.15) is 0 Å². The van der Waals surface area contributed by atoms with E-state index < -0.39 is 47.9 Å². The Hall–Kier alpha value is -3.64. The Kier molecular flexibility index (Phi) is 5.48.